The fraction of sp³-hybridized carbons (Fsp3) is 0.333. The molecule has 0 N–H and O–H groups in total. The molecule has 3 heteroatoms. The Kier molecular flexibility index (Phi) is 2.13. The lowest BCUT2D eigenvalue weighted by Crippen LogP contribution is -1.68. The van der Waals surface area contributed by atoms with Crippen molar-refractivity contribution < 1.29 is 4.42 Å². The Hall–Kier alpha value is -0.0200. The van der Waals surface area contributed by atoms with Crippen molar-refractivity contribution in [2.24, 2.45) is 0 Å². The third-order valence-corrected chi connectivity index (χ3v) is 2.52. The number of hydrogen-bond donors (Lipinski definition) is 1. The highest BCUT2D eigenvalue weighted by Gasteiger charge is 2.03. The topological polar surface area (TPSA) is 13.1 Å². The van der Waals surface area contributed by atoms with Crippen molar-refractivity contribution in [1.29, 1.82) is 0 Å². The molecule has 1 nitrogen and oxygen atoms in total. The Morgan fingerprint density at radius 1 is 1.56 bits per heavy atom. The molecule has 0 atom stereocenters. The Labute approximate surface area is 63.6 Å². The molecule has 0 bridgehead atoms. The van der Waals surface area contributed by atoms with E-state index in [1.165, 1.54) is 10.8 Å². The second kappa shape index (κ2) is 2.71. The van der Waals surface area contributed by atoms with Crippen molar-refractivity contribution >= 4 is 22.5 Å². The van der Waals surface area contributed by atoms with Gasteiger partial charge in [0.25, 0.3) is 0 Å². The molecular formula is C6H8OS2. The summed E-state index contributed by atoms with van der Waals surface area (Å²) in [6.45, 7) is 3.95. The molecule has 0 unspecified atom stereocenters. The molecule has 1 rings (SSSR count). The molecule has 50 valence electrons. The molecule has 0 saturated heterocycles. The maximum absolute atomic E-state index is 5.12. The maximum atomic E-state index is 5.12. The average Bonchev–Trinajstić information content (AvgIpc) is 2.12. The van der Waals surface area contributed by atoms with Crippen molar-refractivity contribution in [1.82, 2.24) is 0 Å². The quantitative estimate of drug-likeness (QED) is 0.501. The van der Waals surface area contributed by atoms with E-state index in [1.54, 1.807) is 6.26 Å². The van der Waals surface area contributed by atoms with Crippen molar-refractivity contribution in [3.8, 4) is 0 Å². The standard InChI is InChI=1S/C6H8OS2/c1-4-3-7-5(2)6(4)9-8/h3,8H,1-2H3. The van der Waals surface area contributed by atoms with Gasteiger partial charge in [0.15, 0.2) is 0 Å². The number of rotatable bonds is 1. The van der Waals surface area contributed by atoms with E-state index in [1.807, 2.05) is 13.8 Å². The van der Waals surface area contributed by atoms with Gasteiger partial charge in [-0.05, 0) is 13.8 Å². The van der Waals surface area contributed by atoms with Gasteiger partial charge < -0.3 is 4.42 Å². The molecule has 9 heavy (non-hydrogen) atoms. The smallest absolute Gasteiger partial charge is 0.115 e. The fourth-order valence-electron chi connectivity index (χ4n) is 0.698. The van der Waals surface area contributed by atoms with Crippen molar-refractivity contribution in [3.63, 3.8) is 0 Å². The first-order valence-electron chi connectivity index (χ1n) is 2.62. The first-order valence-corrected chi connectivity index (χ1v) is 4.48. The first kappa shape index (κ1) is 7.09. The van der Waals surface area contributed by atoms with E-state index in [4.69, 9.17) is 4.42 Å². The highest BCUT2D eigenvalue weighted by atomic mass is 33.1. The van der Waals surface area contributed by atoms with Crippen LogP contribution in [0.25, 0.3) is 0 Å². The molecule has 0 aromatic carbocycles. The summed E-state index contributed by atoms with van der Waals surface area (Å²) >= 11 is 4.07. The van der Waals surface area contributed by atoms with Gasteiger partial charge in [0.2, 0.25) is 0 Å². The summed E-state index contributed by atoms with van der Waals surface area (Å²) < 4.78 is 5.12. The Bertz CT molecular complexity index is 185. The van der Waals surface area contributed by atoms with Gasteiger partial charge >= 0.3 is 0 Å². The van der Waals surface area contributed by atoms with Crippen LogP contribution in [0.1, 0.15) is 11.3 Å². The number of thiol groups is 1. The predicted molar refractivity (Wildman–Crippen MR) is 43.0 cm³/mol. The summed E-state index contributed by atoms with van der Waals surface area (Å²) in [5, 5.41) is 0. The van der Waals surface area contributed by atoms with Crippen LogP contribution in [0.4, 0.5) is 0 Å². The lowest BCUT2D eigenvalue weighted by atomic mass is 10.3. The van der Waals surface area contributed by atoms with Crippen LogP contribution in [-0.4, -0.2) is 0 Å². The van der Waals surface area contributed by atoms with Gasteiger partial charge in [0.1, 0.15) is 5.76 Å². The van der Waals surface area contributed by atoms with E-state index >= 15 is 0 Å². The van der Waals surface area contributed by atoms with Crippen LogP contribution in [0.3, 0.4) is 0 Å². The summed E-state index contributed by atoms with van der Waals surface area (Å²) in [5.74, 6) is 0.951. The molecule has 0 aliphatic rings. The molecule has 0 aliphatic heterocycles. The summed E-state index contributed by atoms with van der Waals surface area (Å²) in [7, 11) is 1.43. The van der Waals surface area contributed by atoms with Crippen LogP contribution in [0.5, 0.6) is 0 Å². The zero-order valence-corrected chi connectivity index (χ0v) is 7.05. The number of aryl methyl sites for hydroxylation is 2. The summed E-state index contributed by atoms with van der Waals surface area (Å²) in [4.78, 5) is 1.14. The minimum atomic E-state index is 0.951. The molecule has 0 radical (unpaired) electrons. The SMILES string of the molecule is Cc1coc(C)c1SS. The van der Waals surface area contributed by atoms with Crippen LogP contribution in [0.2, 0.25) is 0 Å². The van der Waals surface area contributed by atoms with Crippen LogP contribution in [0, 0.1) is 13.8 Å². The molecule has 0 fully saturated rings. The molecule has 1 aromatic heterocycles. The molecular weight excluding hydrogens is 152 g/mol. The Morgan fingerprint density at radius 3 is 2.44 bits per heavy atom. The van der Waals surface area contributed by atoms with Gasteiger partial charge in [-0.15, -0.1) is 11.7 Å². The van der Waals surface area contributed by atoms with Gasteiger partial charge in [0.05, 0.1) is 11.2 Å². The summed E-state index contributed by atoms with van der Waals surface area (Å²) in [5.41, 5.74) is 1.16. The molecule has 1 heterocycles. The van der Waals surface area contributed by atoms with E-state index < -0.39 is 0 Å². The van der Waals surface area contributed by atoms with Gasteiger partial charge in [-0.1, -0.05) is 10.8 Å². The van der Waals surface area contributed by atoms with Crippen LogP contribution < -0.4 is 0 Å². The first-order chi connectivity index (χ1) is 4.25. The van der Waals surface area contributed by atoms with Gasteiger partial charge in [-0.2, -0.15) is 0 Å². The highest BCUT2D eigenvalue weighted by Crippen LogP contribution is 2.29. The lowest BCUT2D eigenvalue weighted by molar-refractivity contribution is 0.526. The van der Waals surface area contributed by atoms with Gasteiger partial charge in [0, 0.05) is 5.56 Å². The predicted octanol–water partition coefficient (Wildman–Crippen LogP) is 2.83. The second-order valence-electron chi connectivity index (χ2n) is 1.90. The van der Waals surface area contributed by atoms with E-state index in [0.29, 0.717) is 0 Å². The summed E-state index contributed by atoms with van der Waals surface area (Å²) in [6, 6.07) is 0. The number of furan rings is 1. The Balaban J connectivity index is 3.07. The third kappa shape index (κ3) is 1.27. The third-order valence-electron chi connectivity index (χ3n) is 1.18. The van der Waals surface area contributed by atoms with Crippen molar-refractivity contribution in [3.05, 3.63) is 17.6 Å². The second-order valence-corrected chi connectivity index (χ2v) is 3.03. The zero-order valence-electron chi connectivity index (χ0n) is 5.34. The monoisotopic (exact) mass is 160 g/mol. The largest absolute Gasteiger partial charge is 0.468 e. The molecule has 0 saturated carbocycles. The zero-order chi connectivity index (χ0) is 6.85. The summed E-state index contributed by atoms with van der Waals surface area (Å²) in [6.07, 6.45) is 1.74. The minimum Gasteiger partial charge on any atom is -0.468 e. The fourth-order valence-corrected chi connectivity index (χ4v) is 1.88. The molecule has 0 spiro atoms. The highest BCUT2D eigenvalue weighted by molar-refractivity contribution is 8.68. The van der Waals surface area contributed by atoms with Crippen molar-refractivity contribution in [2.75, 3.05) is 0 Å². The maximum Gasteiger partial charge on any atom is 0.115 e. The van der Waals surface area contributed by atoms with E-state index in [9.17, 15) is 0 Å². The van der Waals surface area contributed by atoms with Crippen molar-refractivity contribution in [2.45, 2.75) is 18.7 Å². The Morgan fingerprint density at radius 2 is 2.22 bits per heavy atom. The van der Waals surface area contributed by atoms with E-state index in [0.717, 1.165) is 16.2 Å². The van der Waals surface area contributed by atoms with Crippen LogP contribution in [-0.2, 0) is 0 Å². The molecule has 0 aliphatic carbocycles. The molecule has 1 aromatic rings. The number of hydrogen-bond acceptors (Lipinski definition) is 3. The van der Waals surface area contributed by atoms with Gasteiger partial charge in [-0.3, -0.25) is 0 Å². The average molecular weight is 160 g/mol. The normalized spacial score (nSPS) is 10.1. The molecule has 0 amide bonds. The van der Waals surface area contributed by atoms with Gasteiger partial charge in [-0.25, -0.2) is 0 Å². The lowest BCUT2D eigenvalue weighted by Gasteiger charge is -1.89. The minimum absolute atomic E-state index is 0.951. The van der Waals surface area contributed by atoms with E-state index in [-0.39, 0.29) is 0 Å². The van der Waals surface area contributed by atoms with Crippen LogP contribution in [0.15, 0.2) is 15.6 Å². The van der Waals surface area contributed by atoms with E-state index in [2.05, 4.69) is 11.7 Å². The van der Waals surface area contributed by atoms with Crippen LogP contribution >= 0.6 is 22.5 Å².